The number of sulfonamides is 1. The number of carbonyl (C=O) groups excluding carboxylic acids is 1. The van der Waals surface area contributed by atoms with E-state index in [1.165, 1.54) is 4.31 Å². The Morgan fingerprint density at radius 1 is 0.722 bits per heavy atom. The lowest BCUT2D eigenvalue weighted by atomic mass is 10.1. The van der Waals surface area contributed by atoms with Crippen molar-refractivity contribution in [3.63, 3.8) is 0 Å². The van der Waals surface area contributed by atoms with Gasteiger partial charge in [-0.15, -0.1) is 10.2 Å². The van der Waals surface area contributed by atoms with Crippen LogP contribution in [0.2, 0.25) is 0 Å². The van der Waals surface area contributed by atoms with Crippen molar-refractivity contribution >= 4 is 15.9 Å². The zero-order valence-corrected chi connectivity index (χ0v) is 20.9. The maximum absolute atomic E-state index is 13.0. The van der Waals surface area contributed by atoms with Crippen molar-refractivity contribution in [1.82, 2.24) is 19.4 Å². The summed E-state index contributed by atoms with van der Waals surface area (Å²) in [4.78, 5) is 15.0. The first-order valence-electron chi connectivity index (χ1n) is 11.7. The van der Waals surface area contributed by atoms with Gasteiger partial charge in [0.05, 0.1) is 4.90 Å². The van der Waals surface area contributed by atoms with E-state index < -0.39 is 10.0 Å². The van der Waals surface area contributed by atoms with Crippen molar-refractivity contribution in [2.75, 3.05) is 26.2 Å². The van der Waals surface area contributed by atoms with Crippen LogP contribution < -0.4 is 0 Å². The van der Waals surface area contributed by atoms with Crippen LogP contribution >= 0.6 is 0 Å². The number of carbonyl (C=O) groups is 1. The smallest absolute Gasteiger partial charge is 0.253 e. The molecule has 0 radical (unpaired) electrons. The second kappa shape index (κ2) is 9.67. The number of benzene rings is 3. The maximum atomic E-state index is 13.0. The quantitative estimate of drug-likeness (QED) is 0.406. The molecule has 5 rings (SSSR count). The predicted molar refractivity (Wildman–Crippen MR) is 136 cm³/mol. The number of amides is 1. The molecule has 0 spiro atoms. The molecule has 2 heterocycles. The minimum atomic E-state index is -3.58. The molecule has 0 aliphatic carbocycles. The van der Waals surface area contributed by atoms with E-state index in [2.05, 4.69) is 10.2 Å². The minimum absolute atomic E-state index is 0.139. The maximum Gasteiger partial charge on any atom is 0.253 e. The summed E-state index contributed by atoms with van der Waals surface area (Å²) in [7, 11) is -3.58. The van der Waals surface area contributed by atoms with Crippen LogP contribution in [0.15, 0.2) is 82.1 Å². The van der Waals surface area contributed by atoms with Gasteiger partial charge in [-0.05, 0) is 62.4 Å². The van der Waals surface area contributed by atoms with Gasteiger partial charge in [-0.3, -0.25) is 4.79 Å². The number of rotatable bonds is 5. The molecule has 1 aliphatic rings. The van der Waals surface area contributed by atoms with Gasteiger partial charge in [-0.25, -0.2) is 8.42 Å². The Bertz CT molecular complexity index is 1470. The van der Waals surface area contributed by atoms with E-state index in [0.29, 0.717) is 36.0 Å². The number of hydrogen-bond acceptors (Lipinski definition) is 6. The highest BCUT2D eigenvalue weighted by atomic mass is 32.2. The van der Waals surface area contributed by atoms with E-state index in [0.717, 1.165) is 16.7 Å². The molecule has 4 aromatic rings. The van der Waals surface area contributed by atoms with Crippen LogP contribution in [0.3, 0.4) is 0 Å². The second-order valence-corrected chi connectivity index (χ2v) is 10.8. The van der Waals surface area contributed by atoms with Crippen LogP contribution in [-0.4, -0.2) is 59.9 Å². The second-order valence-electron chi connectivity index (χ2n) is 8.87. The third-order valence-electron chi connectivity index (χ3n) is 6.29. The Morgan fingerprint density at radius 2 is 1.19 bits per heavy atom. The van der Waals surface area contributed by atoms with E-state index in [1.54, 1.807) is 53.4 Å². The van der Waals surface area contributed by atoms with Gasteiger partial charge in [0.2, 0.25) is 21.8 Å². The Balaban J connectivity index is 1.23. The first-order valence-corrected chi connectivity index (χ1v) is 13.1. The SMILES string of the molecule is Cc1ccc(-c2nnc(-c3ccc(C(=O)N4CCN(S(=O)(=O)c5ccc(C)cc5)CC4)cc3)o2)cc1. The highest BCUT2D eigenvalue weighted by molar-refractivity contribution is 7.89. The minimum Gasteiger partial charge on any atom is -0.416 e. The predicted octanol–water partition coefficient (Wildman–Crippen LogP) is 4.17. The van der Waals surface area contributed by atoms with Gasteiger partial charge < -0.3 is 9.32 Å². The standard InChI is InChI=1S/C27H26N4O4S/c1-19-3-7-21(8-4-19)25-28-29-26(35-25)22-9-11-23(12-10-22)27(32)30-15-17-31(18-16-30)36(33,34)24-13-5-20(2)6-14-24/h3-14H,15-18H2,1-2H3. The van der Waals surface area contributed by atoms with Crippen molar-refractivity contribution in [3.05, 3.63) is 89.5 Å². The van der Waals surface area contributed by atoms with Crippen LogP contribution in [0.4, 0.5) is 0 Å². The van der Waals surface area contributed by atoms with Gasteiger partial charge in [0, 0.05) is 42.9 Å². The van der Waals surface area contributed by atoms with E-state index in [4.69, 9.17) is 4.42 Å². The molecule has 0 saturated carbocycles. The van der Waals surface area contributed by atoms with Gasteiger partial charge >= 0.3 is 0 Å². The van der Waals surface area contributed by atoms with Crippen LogP contribution in [0, 0.1) is 13.8 Å². The molecule has 1 saturated heterocycles. The fraction of sp³-hybridized carbons (Fsp3) is 0.222. The normalized spacial score (nSPS) is 14.7. The molecule has 8 nitrogen and oxygen atoms in total. The lowest BCUT2D eigenvalue weighted by Gasteiger charge is -2.34. The van der Waals surface area contributed by atoms with Crippen molar-refractivity contribution in [1.29, 1.82) is 0 Å². The van der Waals surface area contributed by atoms with Crippen molar-refractivity contribution in [2.45, 2.75) is 18.7 Å². The fourth-order valence-corrected chi connectivity index (χ4v) is 5.50. The molecule has 0 N–H and O–H groups in total. The first-order chi connectivity index (χ1) is 17.3. The number of aromatic nitrogens is 2. The highest BCUT2D eigenvalue weighted by Gasteiger charge is 2.30. The summed E-state index contributed by atoms with van der Waals surface area (Å²) in [6.45, 7) is 5.09. The van der Waals surface area contributed by atoms with Gasteiger partial charge in [0.15, 0.2) is 0 Å². The van der Waals surface area contributed by atoms with Crippen LogP contribution in [-0.2, 0) is 10.0 Å². The van der Waals surface area contributed by atoms with E-state index in [1.807, 2.05) is 38.1 Å². The summed E-state index contributed by atoms with van der Waals surface area (Å²) in [6, 6.07) is 21.6. The van der Waals surface area contributed by atoms with Crippen molar-refractivity contribution in [2.24, 2.45) is 0 Å². The van der Waals surface area contributed by atoms with Crippen molar-refractivity contribution < 1.29 is 17.6 Å². The molecule has 36 heavy (non-hydrogen) atoms. The molecule has 1 aliphatic heterocycles. The fourth-order valence-electron chi connectivity index (χ4n) is 4.08. The Morgan fingerprint density at radius 3 is 1.72 bits per heavy atom. The summed E-state index contributed by atoms with van der Waals surface area (Å²) in [5, 5.41) is 8.27. The largest absolute Gasteiger partial charge is 0.416 e. The number of aryl methyl sites for hydroxylation is 2. The Hall–Kier alpha value is -3.82. The van der Waals surface area contributed by atoms with Crippen LogP contribution in [0.25, 0.3) is 22.9 Å². The lowest BCUT2D eigenvalue weighted by molar-refractivity contribution is 0.0698. The zero-order valence-electron chi connectivity index (χ0n) is 20.1. The van der Waals surface area contributed by atoms with Crippen molar-refractivity contribution in [3.8, 4) is 22.9 Å². The topological polar surface area (TPSA) is 96.6 Å². The summed E-state index contributed by atoms with van der Waals surface area (Å²) in [6.07, 6.45) is 0. The molecule has 0 bridgehead atoms. The number of piperazine rings is 1. The molecule has 0 atom stereocenters. The summed E-state index contributed by atoms with van der Waals surface area (Å²) >= 11 is 0. The monoisotopic (exact) mass is 502 g/mol. The summed E-state index contributed by atoms with van der Waals surface area (Å²) in [5.41, 5.74) is 4.22. The molecule has 1 aromatic heterocycles. The van der Waals surface area contributed by atoms with Gasteiger partial charge in [0.25, 0.3) is 5.91 Å². The van der Waals surface area contributed by atoms with Gasteiger partial charge in [0.1, 0.15) is 0 Å². The van der Waals surface area contributed by atoms with Gasteiger partial charge in [-0.2, -0.15) is 4.31 Å². The van der Waals surface area contributed by atoms with Crippen LogP contribution in [0.5, 0.6) is 0 Å². The molecule has 1 amide bonds. The summed E-state index contributed by atoms with van der Waals surface area (Å²) < 4.78 is 33.1. The molecule has 1 fully saturated rings. The van der Waals surface area contributed by atoms with E-state index >= 15 is 0 Å². The number of hydrogen-bond donors (Lipinski definition) is 0. The van der Waals surface area contributed by atoms with E-state index in [-0.39, 0.29) is 23.9 Å². The highest BCUT2D eigenvalue weighted by Crippen LogP contribution is 2.25. The lowest BCUT2D eigenvalue weighted by Crippen LogP contribution is -2.50. The molecule has 9 heteroatoms. The van der Waals surface area contributed by atoms with Crippen LogP contribution in [0.1, 0.15) is 21.5 Å². The molecule has 184 valence electrons. The zero-order chi connectivity index (χ0) is 25.3. The third kappa shape index (κ3) is 4.80. The molecular formula is C27H26N4O4S. The first kappa shape index (κ1) is 23.9. The average Bonchev–Trinajstić information content (AvgIpc) is 3.39. The molecule has 0 unspecified atom stereocenters. The Kier molecular flexibility index (Phi) is 6.42. The molecular weight excluding hydrogens is 476 g/mol. The summed E-state index contributed by atoms with van der Waals surface area (Å²) in [5.74, 6) is 0.669. The third-order valence-corrected chi connectivity index (χ3v) is 8.20. The average molecular weight is 503 g/mol. The van der Waals surface area contributed by atoms with Gasteiger partial charge in [-0.1, -0.05) is 35.4 Å². The Labute approximate surface area is 210 Å². The molecule has 3 aromatic carbocycles. The van der Waals surface area contributed by atoms with E-state index in [9.17, 15) is 13.2 Å². The number of nitrogens with zero attached hydrogens (tertiary/aromatic N) is 4.